The van der Waals surface area contributed by atoms with E-state index in [9.17, 15) is 0 Å². The normalized spacial score (nSPS) is 19.6. The molecule has 1 N–H and O–H groups in total. The van der Waals surface area contributed by atoms with Gasteiger partial charge in [0.2, 0.25) is 5.88 Å². The van der Waals surface area contributed by atoms with Crippen LogP contribution in [0.1, 0.15) is 19.8 Å². The van der Waals surface area contributed by atoms with Crippen LogP contribution in [0, 0.1) is 0 Å². The van der Waals surface area contributed by atoms with E-state index < -0.39 is 0 Å². The highest BCUT2D eigenvalue weighted by Crippen LogP contribution is 2.12. The third kappa shape index (κ3) is 0.886. The molecule has 1 rings (SSSR count). The van der Waals surface area contributed by atoms with E-state index in [0.717, 1.165) is 18.4 Å². The predicted octanol–water partition coefficient (Wildman–Crippen LogP) is 1.64. The number of nitrogens with zero attached hydrogens (tertiary/aromatic N) is 1. The van der Waals surface area contributed by atoms with Crippen molar-refractivity contribution < 1.29 is 5.11 Å². The summed E-state index contributed by atoms with van der Waals surface area (Å²) >= 11 is 0. The van der Waals surface area contributed by atoms with Crippen LogP contribution in [0.2, 0.25) is 0 Å². The second-order valence-corrected chi connectivity index (χ2v) is 1.95. The van der Waals surface area contributed by atoms with E-state index in [1.54, 1.807) is 6.21 Å². The van der Waals surface area contributed by atoms with Crippen LogP contribution in [-0.4, -0.2) is 11.3 Å². The molecule has 1 heterocycles. The molecule has 0 unspecified atom stereocenters. The van der Waals surface area contributed by atoms with Crippen LogP contribution in [-0.2, 0) is 0 Å². The number of aliphatic hydroxyl groups excluding tert-OH is 1. The van der Waals surface area contributed by atoms with Gasteiger partial charge in [-0.3, -0.25) is 0 Å². The van der Waals surface area contributed by atoms with E-state index in [1.165, 1.54) is 0 Å². The lowest BCUT2D eigenvalue weighted by molar-refractivity contribution is 0.395. The number of aliphatic imine (C=N–C) groups is 1. The molecule has 0 aromatic carbocycles. The van der Waals surface area contributed by atoms with Crippen molar-refractivity contribution in [1.82, 2.24) is 0 Å². The molecule has 0 spiro atoms. The van der Waals surface area contributed by atoms with Crippen LogP contribution >= 0.6 is 0 Å². The molecule has 0 atom stereocenters. The summed E-state index contributed by atoms with van der Waals surface area (Å²) in [5.41, 5.74) is 0.993. The van der Waals surface area contributed by atoms with Crippen molar-refractivity contribution in [2.24, 2.45) is 4.99 Å². The number of hydrogen-bond acceptors (Lipinski definition) is 2. The molecule has 0 amide bonds. The molecule has 0 saturated carbocycles. The minimum absolute atomic E-state index is 0.205. The first kappa shape index (κ1) is 5.35. The monoisotopic (exact) mass is 111 g/mol. The Hall–Kier alpha value is -0.790. The van der Waals surface area contributed by atoms with Gasteiger partial charge in [0.25, 0.3) is 0 Å². The summed E-state index contributed by atoms with van der Waals surface area (Å²) in [5, 5.41) is 8.86. The third-order valence-electron chi connectivity index (χ3n) is 1.24. The summed E-state index contributed by atoms with van der Waals surface area (Å²) in [6.45, 7) is 1.89. The van der Waals surface area contributed by atoms with Crippen molar-refractivity contribution in [3.8, 4) is 0 Å². The highest BCUT2D eigenvalue weighted by Gasteiger charge is 2.00. The van der Waals surface area contributed by atoms with E-state index in [0.29, 0.717) is 0 Å². The second-order valence-electron chi connectivity index (χ2n) is 1.95. The van der Waals surface area contributed by atoms with Crippen LogP contribution in [0.5, 0.6) is 0 Å². The molecule has 1 aliphatic heterocycles. The van der Waals surface area contributed by atoms with Crippen molar-refractivity contribution >= 4 is 6.21 Å². The van der Waals surface area contributed by atoms with E-state index in [4.69, 9.17) is 5.11 Å². The first-order chi connectivity index (χ1) is 3.80. The summed E-state index contributed by atoms with van der Waals surface area (Å²) < 4.78 is 0. The Morgan fingerprint density at radius 2 is 2.50 bits per heavy atom. The summed E-state index contributed by atoms with van der Waals surface area (Å²) in [6, 6.07) is 0. The van der Waals surface area contributed by atoms with Gasteiger partial charge in [0.15, 0.2) is 0 Å². The van der Waals surface area contributed by atoms with Gasteiger partial charge in [-0.25, -0.2) is 4.99 Å². The first-order valence-corrected chi connectivity index (χ1v) is 2.72. The largest absolute Gasteiger partial charge is 0.493 e. The minimum Gasteiger partial charge on any atom is -0.493 e. The average molecular weight is 111 g/mol. The summed E-state index contributed by atoms with van der Waals surface area (Å²) in [6.07, 6.45) is 3.66. The molecule has 0 aliphatic carbocycles. The Morgan fingerprint density at radius 3 is 2.88 bits per heavy atom. The van der Waals surface area contributed by atoms with Crippen LogP contribution in [0.15, 0.2) is 16.4 Å². The van der Waals surface area contributed by atoms with Gasteiger partial charge < -0.3 is 5.11 Å². The molecule has 0 bridgehead atoms. The zero-order valence-corrected chi connectivity index (χ0v) is 4.89. The van der Waals surface area contributed by atoms with E-state index in [2.05, 4.69) is 4.99 Å². The third-order valence-corrected chi connectivity index (χ3v) is 1.24. The molecule has 0 aromatic heterocycles. The predicted molar refractivity (Wildman–Crippen MR) is 33.1 cm³/mol. The summed E-state index contributed by atoms with van der Waals surface area (Å²) in [7, 11) is 0. The number of aliphatic hydroxyl groups is 1. The SMILES string of the molecule is CC1=C(O)N=CCC1. The van der Waals surface area contributed by atoms with E-state index >= 15 is 0 Å². The van der Waals surface area contributed by atoms with Crippen LogP contribution in [0.3, 0.4) is 0 Å². The highest BCUT2D eigenvalue weighted by atomic mass is 16.3. The Bertz CT molecular complexity index is 147. The van der Waals surface area contributed by atoms with Crippen molar-refractivity contribution in [2.75, 3.05) is 0 Å². The zero-order chi connectivity index (χ0) is 5.98. The van der Waals surface area contributed by atoms with Crippen LogP contribution < -0.4 is 0 Å². The fourth-order valence-electron chi connectivity index (χ4n) is 0.654. The average Bonchev–Trinajstić information content (AvgIpc) is 1.77. The van der Waals surface area contributed by atoms with Crippen LogP contribution in [0.4, 0.5) is 0 Å². The maximum atomic E-state index is 8.86. The standard InChI is InChI=1S/C6H9NO/c1-5-3-2-4-7-6(5)8/h4,8H,2-3H2,1H3. The molecule has 0 saturated heterocycles. The fraction of sp³-hybridized carbons (Fsp3) is 0.500. The van der Waals surface area contributed by atoms with Crippen LogP contribution in [0.25, 0.3) is 0 Å². The molecule has 8 heavy (non-hydrogen) atoms. The Morgan fingerprint density at radius 1 is 1.75 bits per heavy atom. The van der Waals surface area contributed by atoms with Gasteiger partial charge in [-0.2, -0.15) is 0 Å². The summed E-state index contributed by atoms with van der Waals surface area (Å²) in [5.74, 6) is 0.205. The molecular formula is C6H9NO. The molecule has 0 fully saturated rings. The molecule has 2 heteroatoms. The lowest BCUT2D eigenvalue weighted by Gasteiger charge is -2.03. The van der Waals surface area contributed by atoms with E-state index in [-0.39, 0.29) is 5.88 Å². The molecule has 0 aromatic rings. The molecule has 1 aliphatic rings. The van der Waals surface area contributed by atoms with Gasteiger partial charge in [0.05, 0.1) is 0 Å². The first-order valence-electron chi connectivity index (χ1n) is 2.72. The Balaban J connectivity index is 2.76. The van der Waals surface area contributed by atoms with Crippen molar-refractivity contribution in [3.05, 3.63) is 11.5 Å². The number of hydrogen-bond donors (Lipinski definition) is 1. The smallest absolute Gasteiger partial charge is 0.209 e. The molecular weight excluding hydrogens is 102 g/mol. The molecule has 44 valence electrons. The lowest BCUT2D eigenvalue weighted by atomic mass is 10.1. The van der Waals surface area contributed by atoms with Crippen molar-refractivity contribution in [2.45, 2.75) is 19.8 Å². The minimum atomic E-state index is 0.205. The Labute approximate surface area is 48.6 Å². The summed E-state index contributed by atoms with van der Waals surface area (Å²) in [4.78, 5) is 3.72. The maximum Gasteiger partial charge on any atom is 0.209 e. The van der Waals surface area contributed by atoms with Gasteiger partial charge in [0, 0.05) is 6.21 Å². The zero-order valence-electron chi connectivity index (χ0n) is 4.89. The second kappa shape index (κ2) is 1.99. The van der Waals surface area contributed by atoms with Gasteiger partial charge in [-0.05, 0) is 25.3 Å². The van der Waals surface area contributed by atoms with Gasteiger partial charge >= 0.3 is 0 Å². The number of allylic oxidation sites excluding steroid dienone is 1. The molecule has 2 nitrogen and oxygen atoms in total. The Kier molecular flexibility index (Phi) is 1.33. The highest BCUT2D eigenvalue weighted by molar-refractivity contribution is 5.60. The van der Waals surface area contributed by atoms with Gasteiger partial charge in [-0.1, -0.05) is 0 Å². The van der Waals surface area contributed by atoms with E-state index in [1.807, 2.05) is 6.92 Å². The van der Waals surface area contributed by atoms with Crippen molar-refractivity contribution in [3.63, 3.8) is 0 Å². The molecule has 0 radical (unpaired) electrons. The van der Waals surface area contributed by atoms with Gasteiger partial charge in [0.1, 0.15) is 0 Å². The maximum absolute atomic E-state index is 8.86. The lowest BCUT2D eigenvalue weighted by Crippen LogP contribution is -1.92. The number of rotatable bonds is 0. The van der Waals surface area contributed by atoms with Crippen molar-refractivity contribution in [1.29, 1.82) is 0 Å². The topological polar surface area (TPSA) is 32.6 Å². The quantitative estimate of drug-likeness (QED) is 0.506. The van der Waals surface area contributed by atoms with Gasteiger partial charge in [-0.15, -0.1) is 0 Å². The fourth-order valence-corrected chi connectivity index (χ4v) is 0.654.